The molecule has 1 saturated carbocycles. The second-order valence-electron chi connectivity index (χ2n) is 7.54. The highest BCUT2D eigenvalue weighted by atomic mass is 35.5. The normalized spacial score (nSPS) is 20.3. The van der Waals surface area contributed by atoms with Gasteiger partial charge in [-0.2, -0.15) is 4.98 Å². The molecule has 0 N–H and O–H groups in total. The van der Waals surface area contributed by atoms with Crippen LogP contribution in [0.25, 0.3) is 11.4 Å². The van der Waals surface area contributed by atoms with E-state index >= 15 is 0 Å². The highest BCUT2D eigenvalue weighted by Gasteiger charge is 2.55. The molecule has 0 radical (unpaired) electrons. The minimum absolute atomic E-state index is 0.169. The number of hydrogen-bond donors (Lipinski definition) is 0. The summed E-state index contributed by atoms with van der Waals surface area (Å²) in [6.07, 6.45) is 3.56. The van der Waals surface area contributed by atoms with Gasteiger partial charge in [-0.05, 0) is 43.4 Å². The molecule has 1 aliphatic carbocycles. The van der Waals surface area contributed by atoms with Crippen molar-refractivity contribution in [1.29, 1.82) is 0 Å². The van der Waals surface area contributed by atoms with Gasteiger partial charge < -0.3 is 9.42 Å². The molecule has 28 heavy (non-hydrogen) atoms. The lowest BCUT2D eigenvalue weighted by molar-refractivity contribution is -0.135. The van der Waals surface area contributed by atoms with Gasteiger partial charge in [0, 0.05) is 12.1 Å². The molecule has 1 saturated heterocycles. The smallest absolute Gasteiger partial charge is 0.249 e. The van der Waals surface area contributed by atoms with Crippen LogP contribution in [-0.4, -0.2) is 27.5 Å². The summed E-state index contributed by atoms with van der Waals surface area (Å²) in [5, 5.41) is 4.69. The number of likely N-dealkylation sites (tertiary alicyclic amines) is 1. The molecule has 6 heteroatoms. The lowest BCUT2D eigenvalue weighted by Crippen LogP contribution is -2.39. The summed E-state index contributed by atoms with van der Waals surface area (Å²) < 4.78 is 5.56. The van der Waals surface area contributed by atoms with E-state index < -0.39 is 0 Å². The Morgan fingerprint density at radius 1 is 1.11 bits per heavy atom. The molecule has 2 fully saturated rings. The lowest BCUT2D eigenvalue weighted by Gasteiger charge is -2.27. The first-order chi connectivity index (χ1) is 13.7. The molecule has 0 spiro atoms. The first-order valence-electron chi connectivity index (χ1n) is 9.64. The highest BCUT2D eigenvalue weighted by Crippen LogP contribution is 2.51. The second kappa shape index (κ2) is 6.74. The van der Waals surface area contributed by atoms with Crippen LogP contribution in [0, 0.1) is 0 Å². The van der Waals surface area contributed by atoms with Crippen LogP contribution < -0.4 is 0 Å². The van der Waals surface area contributed by atoms with Gasteiger partial charge in [-0.3, -0.25) is 4.79 Å². The Kier molecular flexibility index (Phi) is 4.20. The summed E-state index contributed by atoms with van der Waals surface area (Å²) in [4.78, 5) is 20.0. The SMILES string of the molecule is O=C(N1CCCC1c1nc(-c2ccccc2Cl)no1)C1(c2ccccc2)CC1. The van der Waals surface area contributed by atoms with Gasteiger partial charge in [0.25, 0.3) is 0 Å². The first kappa shape index (κ1) is 17.4. The zero-order valence-electron chi connectivity index (χ0n) is 15.3. The number of carbonyl (C=O) groups is 1. The van der Waals surface area contributed by atoms with Crippen LogP contribution in [0.4, 0.5) is 0 Å². The molecule has 2 aliphatic rings. The quantitative estimate of drug-likeness (QED) is 0.639. The van der Waals surface area contributed by atoms with Gasteiger partial charge in [-0.25, -0.2) is 0 Å². The van der Waals surface area contributed by atoms with Gasteiger partial charge in [0.15, 0.2) is 0 Å². The Bertz CT molecular complexity index is 1010. The van der Waals surface area contributed by atoms with Crippen molar-refractivity contribution in [1.82, 2.24) is 15.0 Å². The number of nitrogens with zero attached hydrogens (tertiary/aromatic N) is 3. The van der Waals surface area contributed by atoms with Crippen molar-refractivity contribution in [3.05, 3.63) is 71.1 Å². The number of rotatable bonds is 4. The number of amides is 1. The number of hydrogen-bond acceptors (Lipinski definition) is 4. The van der Waals surface area contributed by atoms with E-state index in [1.54, 1.807) is 6.07 Å². The maximum absolute atomic E-state index is 13.5. The Balaban J connectivity index is 1.42. The van der Waals surface area contributed by atoms with Gasteiger partial charge in [0.1, 0.15) is 6.04 Å². The molecule has 2 aromatic carbocycles. The van der Waals surface area contributed by atoms with E-state index in [-0.39, 0.29) is 17.4 Å². The monoisotopic (exact) mass is 393 g/mol. The maximum atomic E-state index is 13.5. The summed E-state index contributed by atoms with van der Waals surface area (Å²) in [5.74, 6) is 1.13. The van der Waals surface area contributed by atoms with E-state index in [0.29, 0.717) is 16.7 Å². The molecular weight excluding hydrogens is 374 g/mol. The van der Waals surface area contributed by atoms with E-state index in [1.165, 1.54) is 0 Å². The molecule has 0 bridgehead atoms. The number of carbonyl (C=O) groups excluding carboxylic acids is 1. The number of halogens is 1. The van der Waals surface area contributed by atoms with Crippen molar-refractivity contribution in [3.8, 4) is 11.4 Å². The maximum Gasteiger partial charge on any atom is 0.249 e. The zero-order chi connectivity index (χ0) is 19.1. The van der Waals surface area contributed by atoms with Crippen LogP contribution in [0.1, 0.15) is 43.2 Å². The molecule has 5 rings (SSSR count). The van der Waals surface area contributed by atoms with Crippen LogP contribution in [0.2, 0.25) is 5.02 Å². The number of aromatic nitrogens is 2. The van der Waals surface area contributed by atoms with Crippen LogP contribution in [0.3, 0.4) is 0 Å². The van der Waals surface area contributed by atoms with Gasteiger partial charge in [0.05, 0.1) is 10.4 Å². The summed E-state index contributed by atoms with van der Waals surface area (Å²) in [7, 11) is 0. The van der Waals surface area contributed by atoms with Crippen molar-refractivity contribution in [2.75, 3.05) is 6.54 Å². The molecule has 1 aliphatic heterocycles. The van der Waals surface area contributed by atoms with Crippen molar-refractivity contribution in [3.63, 3.8) is 0 Å². The highest BCUT2D eigenvalue weighted by molar-refractivity contribution is 6.33. The summed E-state index contributed by atoms with van der Waals surface area (Å²) in [6, 6.07) is 17.3. The van der Waals surface area contributed by atoms with E-state index in [9.17, 15) is 4.79 Å². The molecule has 5 nitrogen and oxygen atoms in total. The van der Waals surface area contributed by atoms with Crippen molar-refractivity contribution in [2.45, 2.75) is 37.1 Å². The third kappa shape index (κ3) is 2.81. The molecule has 1 unspecified atom stereocenters. The van der Waals surface area contributed by atoms with Crippen molar-refractivity contribution >= 4 is 17.5 Å². The van der Waals surface area contributed by atoms with Crippen LogP contribution in [-0.2, 0) is 10.2 Å². The minimum atomic E-state index is -0.380. The van der Waals surface area contributed by atoms with E-state index in [0.717, 1.165) is 43.4 Å². The first-order valence-corrected chi connectivity index (χ1v) is 10.0. The average Bonchev–Trinajstić information content (AvgIpc) is 3.16. The molecule has 1 amide bonds. The fraction of sp³-hybridized carbons (Fsp3) is 0.318. The topological polar surface area (TPSA) is 59.2 Å². The zero-order valence-corrected chi connectivity index (χ0v) is 16.1. The molecule has 142 valence electrons. The van der Waals surface area contributed by atoms with Crippen molar-refractivity contribution < 1.29 is 9.32 Å². The fourth-order valence-corrected chi connectivity index (χ4v) is 4.39. The van der Waals surface area contributed by atoms with Gasteiger partial charge in [-0.15, -0.1) is 0 Å². The predicted octanol–water partition coefficient (Wildman–Crippen LogP) is 4.79. The third-order valence-corrected chi connectivity index (χ3v) is 6.17. The molecule has 1 atom stereocenters. The third-order valence-electron chi connectivity index (χ3n) is 5.84. The van der Waals surface area contributed by atoms with Gasteiger partial charge in [-0.1, -0.05) is 59.2 Å². The summed E-state index contributed by atoms with van der Waals surface area (Å²) in [5.41, 5.74) is 1.46. The average molecular weight is 394 g/mol. The molecule has 2 heterocycles. The Morgan fingerprint density at radius 3 is 2.61 bits per heavy atom. The molecular formula is C22H20ClN3O2. The van der Waals surface area contributed by atoms with Gasteiger partial charge in [0.2, 0.25) is 17.6 Å². The summed E-state index contributed by atoms with van der Waals surface area (Å²) >= 11 is 6.26. The predicted molar refractivity (Wildman–Crippen MR) is 106 cm³/mol. The lowest BCUT2D eigenvalue weighted by atomic mass is 9.94. The standard InChI is InChI=1S/C22H20ClN3O2/c23-17-10-5-4-9-16(17)19-24-20(28-25-19)18-11-6-14-26(18)21(27)22(12-13-22)15-7-2-1-3-8-15/h1-5,7-10,18H,6,11-14H2. The van der Waals surface area contributed by atoms with Crippen LogP contribution >= 0.6 is 11.6 Å². The van der Waals surface area contributed by atoms with Crippen LogP contribution in [0.15, 0.2) is 59.1 Å². The van der Waals surface area contributed by atoms with E-state index in [2.05, 4.69) is 22.3 Å². The van der Waals surface area contributed by atoms with Gasteiger partial charge >= 0.3 is 0 Å². The summed E-state index contributed by atoms with van der Waals surface area (Å²) in [6.45, 7) is 0.724. The Morgan fingerprint density at radius 2 is 1.86 bits per heavy atom. The Hall–Kier alpha value is -2.66. The van der Waals surface area contributed by atoms with Crippen molar-refractivity contribution in [2.24, 2.45) is 0 Å². The number of benzene rings is 2. The van der Waals surface area contributed by atoms with E-state index in [1.807, 2.05) is 41.3 Å². The molecule has 1 aromatic heterocycles. The largest absolute Gasteiger partial charge is 0.337 e. The minimum Gasteiger partial charge on any atom is -0.337 e. The second-order valence-corrected chi connectivity index (χ2v) is 7.95. The fourth-order valence-electron chi connectivity index (χ4n) is 4.17. The van der Waals surface area contributed by atoms with Crippen LogP contribution in [0.5, 0.6) is 0 Å². The van der Waals surface area contributed by atoms with E-state index in [4.69, 9.17) is 16.1 Å². The Labute approximate surface area is 168 Å². The molecule has 3 aromatic rings.